The van der Waals surface area contributed by atoms with Crippen LogP contribution in [0.4, 0.5) is 5.69 Å². The molecule has 1 unspecified atom stereocenters. The lowest BCUT2D eigenvalue weighted by Crippen LogP contribution is -2.35. The number of halogens is 1. The molecule has 0 radical (unpaired) electrons. The lowest BCUT2D eigenvalue weighted by atomic mass is 10.1. The van der Waals surface area contributed by atoms with Gasteiger partial charge in [0.15, 0.2) is 0 Å². The molecule has 0 bridgehead atoms. The fourth-order valence-electron chi connectivity index (χ4n) is 1.60. The molecule has 0 heterocycles. The maximum Gasteiger partial charge on any atom is 0.270 e. The molecular formula is C12H15ClN2O4. The average Bonchev–Trinajstić information content (AvgIpc) is 2.38. The van der Waals surface area contributed by atoms with E-state index in [2.05, 4.69) is 5.32 Å². The van der Waals surface area contributed by atoms with E-state index in [9.17, 15) is 14.9 Å². The van der Waals surface area contributed by atoms with Crippen LogP contribution in [0.25, 0.3) is 0 Å². The first-order valence-corrected chi connectivity index (χ1v) is 6.23. The van der Waals surface area contributed by atoms with Crippen LogP contribution in [0.3, 0.4) is 0 Å². The number of nitrogens with one attached hydrogen (secondary N) is 1. The van der Waals surface area contributed by atoms with Gasteiger partial charge in [0.2, 0.25) is 0 Å². The molecule has 0 aliphatic rings. The van der Waals surface area contributed by atoms with E-state index in [1.165, 1.54) is 12.1 Å². The fraction of sp³-hybridized carbons (Fsp3) is 0.417. The summed E-state index contributed by atoms with van der Waals surface area (Å²) in [6, 6.07) is 3.52. The van der Waals surface area contributed by atoms with E-state index < -0.39 is 10.8 Å². The molecule has 1 aromatic carbocycles. The van der Waals surface area contributed by atoms with Gasteiger partial charge < -0.3 is 10.4 Å². The van der Waals surface area contributed by atoms with Gasteiger partial charge in [-0.2, -0.15) is 0 Å². The quantitative estimate of drug-likeness (QED) is 0.619. The van der Waals surface area contributed by atoms with Crippen molar-refractivity contribution in [1.29, 1.82) is 0 Å². The molecule has 0 aliphatic heterocycles. The summed E-state index contributed by atoms with van der Waals surface area (Å²) >= 11 is 5.87. The first kappa shape index (κ1) is 15.4. The Bertz CT molecular complexity index is 479. The van der Waals surface area contributed by atoms with Crippen molar-refractivity contribution in [3.63, 3.8) is 0 Å². The predicted molar refractivity (Wildman–Crippen MR) is 71.4 cm³/mol. The normalized spacial score (nSPS) is 11.9. The van der Waals surface area contributed by atoms with Gasteiger partial charge in [0.05, 0.1) is 15.5 Å². The number of nitro benzene ring substituents is 1. The summed E-state index contributed by atoms with van der Waals surface area (Å²) in [5.74, 6) is -0.478. The van der Waals surface area contributed by atoms with E-state index in [1.807, 2.05) is 6.92 Å². The number of hydrogen-bond donors (Lipinski definition) is 2. The molecule has 0 saturated heterocycles. The summed E-state index contributed by atoms with van der Waals surface area (Å²) in [6.45, 7) is 1.83. The number of nitro groups is 1. The van der Waals surface area contributed by atoms with Gasteiger partial charge in [0.1, 0.15) is 0 Å². The Hall–Kier alpha value is -1.66. The molecule has 1 rings (SSSR count). The van der Waals surface area contributed by atoms with Crippen LogP contribution in [0.2, 0.25) is 5.02 Å². The van der Waals surface area contributed by atoms with Crippen molar-refractivity contribution >= 4 is 23.2 Å². The largest absolute Gasteiger partial charge is 0.396 e. The summed E-state index contributed by atoms with van der Waals surface area (Å²) in [7, 11) is 0. The molecule has 6 nitrogen and oxygen atoms in total. The van der Waals surface area contributed by atoms with Crippen molar-refractivity contribution in [2.75, 3.05) is 6.61 Å². The number of amides is 1. The summed E-state index contributed by atoms with van der Waals surface area (Å²) < 4.78 is 0. The Balaban J connectivity index is 2.92. The van der Waals surface area contributed by atoms with Crippen molar-refractivity contribution in [2.24, 2.45) is 0 Å². The maximum absolute atomic E-state index is 12.0. The minimum absolute atomic E-state index is 0.0402. The van der Waals surface area contributed by atoms with E-state index >= 15 is 0 Å². The molecule has 19 heavy (non-hydrogen) atoms. The molecule has 0 saturated carbocycles. The molecule has 7 heteroatoms. The van der Waals surface area contributed by atoms with E-state index in [4.69, 9.17) is 16.7 Å². The summed E-state index contributed by atoms with van der Waals surface area (Å²) in [6.07, 6.45) is 1.08. The van der Waals surface area contributed by atoms with Crippen LogP contribution < -0.4 is 5.32 Å². The van der Waals surface area contributed by atoms with Crippen molar-refractivity contribution in [3.05, 3.63) is 38.9 Å². The summed E-state index contributed by atoms with van der Waals surface area (Å²) in [4.78, 5) is 22.1. The van der Waals surface area contributed by atoms with Gasteiger partial charge in [-0.1, -0.05) is 18.5 Å². The molecule has 1 atom stereocenters. The van der Waals surface area contributed by atoms with E-state index in [1.54, 1.807) is 0 Å². The number of carbonyl (C=O) groups is 1. The standard InChI is InChI=1S/C12H15ClN2O4/c1-2-8(5-6-16)14-12(17)10-7-9(15(18)19)3-4-11(10)13/h3-4,7-8,16H,2,5-6H2,1H3,(H,14,17). The smallest absolute Gasteiger partial charge is 0.270 e. The number of rotatable bonds is 6. The van der Waals surface area contributed by atoms with Crippen molar-refractivity contribution in [1.82, 2.24) is 5.32 Å². The highest BCUT2D eigenvalue weighted by Gasteiger charge is 2.18. The second-order valence-corrected chi connectivity index (χ2v) is 4.42. The first-order valence-electron chi connectivity index (χ1n) is 5.85. The van der Waals surface area contributed by atoms with Crippen molar-refractivity contribution < 1.29 is 14.8 Å². The van der Waals surface area contributed by atoms with E-state index in [0.29, 0.717) is 12.8 Å². The van der Waals surface area contributed by atoms with Crippen LogP contribution >= 0.6 is 11.6 Å². The Morgan fingerprint density at radius 3 is 2.79 bits per heavy atom. The highest BCUT2D eigenvalue weighted by atomic mass is 35.5. The third-order valence-electron chi connectivity index (χ3n) is 2.71. The number of aliphatic hydroxyl groups is 1. The Morgan fingerprint density at radius 1 is 1.58 bits per heavy atom. The van der Waals surface area contributed by atoms with Crippen LogP contribution in [0.15, 0.2) is 18.2 Å². The summed E-state index contributed by atoms with van der Waals surface area (Å²) in [5.41, 5.74) is -0.128. The number of non-ortho nitro benzene ring substituents is 1. The third kappa shape index (κ3) is 4.18. The van der Waals surface area contributed by atoms with Crippen LogP contribution in [-0.2, 0) is 0 Å². The molecule has 2 N–H and O–H groups in total. The Morgan fingerprint density at radius 2 is 2.26 bits per heavy atom. The topological polar surface area (TPSA) is 92.5 Å². The Kier molecular flexibility index (Phi) is 5.72. The van der Waals surface area contributed by atoms with Crippen LogP contribution in [0.5, 0.6) is 0 Å². The molecular weight excluding hydrogens is 272 g/mol. The number of hydrogen-bond acceptors (Lipinski definition) is 4. The van der Waals surface area contributed by atoms with Gasteiger partial charge in [-0.15, -0.1) is 0 Å². The fourth-order valence-corrected chi connectivity index (χ4v) is 1.80. The highest BCUT2D eigenvalue weighted by Crippen LogP contribution is 2.22. The lowest BCUT2D eigenvalue weighted by molar-refractivity contribution is -0.384. The van der Waals surface area contributed by atoms with Gasteiger partial charge >= 0.3 is 0 Å². The zero-order valence-corrected chi connectivity index (χ0v) is 11.2. The molecule has 0 fully saturated rings. The average molecular weight is 287 g/mol. The molecule has 0 aliphatic carbocycles. The highest BCUT2D eigenvalue weighted by molar-refractivity contribution is 6.33. The van der Waals surface area contributed by atoms with Gasteiger partial charge in [-0.25, -0.2) is 0 Å². The zero-order chi connectivity index (χ0) is 14.4. The molecule has 0 spiro atoms. The van der Waals surface area contributed by atoms with Gasteiger partial charge in [0.25, 0.3) is 11.6 Å². The lowest BCUT2D eigenvalue weighted by Gasteiger charge is -2.16. The monoisotopic (exact) mass is 286 g/mol. The van der Waals surface area contributed by atoms with Gasteiger partial charge in [-0.3, -0.25) is 14.9 Å². The van der Waals surface area contributed by atoms with Gasteiger partial charge in [0, 0.05) is 24.8 Å². The maximum atomic E-state index is 12.0. The minimum Gasteiger partial charge on any atom is -0.396 e. The second kappa shape index (κ2) is 7.06. The zero-order valence-electron chi connectivity index (χ0n) is 10.4. The van der Waals surface area contributed by atoms with Crippen LogP contribution in [0, 0.1) is 10.1 Å². The first-order chi connectivity index (χ1) is 8.99. The third-order valence-corrected chi connectivity index (χ3v) is 3.04. The van der Waals surface area contributed by atoms with Crippen LogP contribution in [0.1, 0.15) is 30.1 Å². The Labute approximate surface area is 115 Å². The number of benzene rings is 1. The van der Waals surface area contributed by atoms with Gasteiger partial charge in [-0.05, 0) is 18.9 Å². The number of aliphatic hydroxyl groups excluding tert-OH is 1. The predicted octanol–water partition coefficient (Wildman–Crippen LogP) is 2.14. The van der Waals surface area contributed by atoms with Crippen LogP contribution in [-0.4, -0.2) is 28.6 Å². The molecule has 0 aromatic heterocycles. The number of nitrogens with zero attached hydrogens (tertiary/aromatic N) is 1. The summed E-state index contributed by atoms with van der Waals surface area (Å²) in [5, 5.41) is 22.4. The van der Waals surface area contributed by atoms with E-state index in [0.717, 1.165) is 6.07 Å². The van der Waals surface area contributed by atoms with Crippen molar-refractivity contribution in [2.45, 2.75) is 25.8 Å². The van der Waals surface area contributed by atoms with Crippen molar-refractivity contribution in [3.8, 4) is 0 Å². The SMILES string of the molecule is CCC(CCO)NC(=O)c1cc([N+](=O)[O-])ccc1Cl. The molecule has 104 valence electrons. The second-order valence-electron chi connectivity index (χ2n) is 4.01. The number of carbonyl (C=O) groups excluding carboxylic acids is 1. The minimum atomic E-state index is -0.585. The molecule has 1 aromatic rings. The van der Waals surface area contributed by atoms with E-state index in [-0.39, 0.29) is 28.9 Å². The molecule has 1 amide bonds.